The van der Waals surface area contributed by atoms with E-state index in [1.807, 2.05) is 23.8 Å². The van der Waals surface area contributed by atoms with E-state index in [9.17, 15) is 4.79 Å². The van der Waals surface area contributed by atoms with Gasteiger partial charge in [0.1, 0.15) is 11.5 Å². The smallest absolute Gasteiger partial charge is 0.271 e. The minimum Gasteiger partial charge on any atom is -0.370 e. The Labute approximate surface area is 120 Å². The van der Waals surface area contributed by atoms with Crippen LogP contribution in [0.5, 0.6) is 0 Å². The molecule has 19 heavy (non-hydrogen) atoms. The largest absolute Gasteiger partial charge is 0.370 e. The molecule has 0 aliphatic heterocycles. The molecule has 0 bridgehead atoms. The van der Waals surface area contributed by atoms with Gasteiger partial charge in [0.25, 0.3) is 5.91 Å². The number of amides is 1. The van der Waals surface area contributed by atoms with E-state index < -0.39 is 0 Å². The predicted molar refractivity (Wildman–Crippen MR) is 78.9 cm³/mol. The summed E-state index contributed by atoms with van der Waals surface area (Å²) in [5.41, 5.74) is 1.31. The van der Waals surface area contributed by atoms with E-state index in [-0.39, 0.29) is 11.6 Å². The number of hydrogen-bond donors (Lipinski definition) is 2. The van der Waals surface area contributed by atoms with E-state index in [1.165, 1.54) is 0 Å². The van der Waals surface area contributed by atoms with Crippen LogP contribution >= 0.6 is 22.9 Å². The molecule has 0 aromatic carbocycles. The number of hydrogen-bond acceptors (Lipinski definition) is 4. The first-order valence-corrected chi connectivity index (χ1v) is 7.22. The van der Waals surface area contributed by atoms with Crippen molar-refractivity contribution >= 4 is 34.7 Å². The predicted octanol–water partition coefficient (Wildman–Crippen LogP) is 3.16. The summed E-state index contributed by atoms with van der Waals surface area (Å²) in [7, 11) is 0. The molecule has 6 heteroatoms. The zero-order valence-corrected chi connectivity index (χ0v) is 12.0. The number of aromatic nitrogens is 1. The van der Waals surface area contributed by atoms with Crippen molar-refractivity contribution < 1.29 is 4.79 Å². The monoisotopic (exact) mass is 295 g/mol. The second-order valence-electron chi connectivity index (χ2n) is 3.87. The van der Waals surface area contributed by atoms with Crippen LogP contribution in [0.3, 0.4) is 0 Å². The van der Waals surface area contributed by atoms with Crippen LogP contribution in [-0.2, 0) is 6.54 Å². The van der Waals surface area contributed by atoms with Gasteiger partial charge in [-0.3, -0.25) is 4.79 Å². The third-order valence-corrected chi connectivity index (χ3v) is 3.49. The van der Waals surface area contributed by atoms with E-state index in [4.69, 9.17) is 11.6 Å². The number of nitrogens with zero attached hydrogens (tertiary/aromatic N) is 1. The zero-order valence-electron chi connectivity index (χ0n) is 10.4. The van der Waals surface area contributed by atoms with Crippen molar-refractivity contribution in [2.45, 2.75) is 13.5 Å². The van der Waals surface area contributed by atoms with Crippen LogP contribution in [0.1, 0.15) is 23.0 Å². The Bertz CT molecular complexity index is 557. The molecular weight excluding hydrogens is 282 g/mol. The van der Waals surface area contributed by atoms with Crippen LogP contribution < -0.4 is 10.6 Å². The Balaban J connectivity index is 2.07. The minimum absolute atomic E-state index is 0.246. The Hall–Kier alpha value is -1.59. The molecule has 2 rings (SSSR count). The molecule has 100 valence electrons. The Morgan fingerprint density at radius 2 is 2.26 bits per heavy atom. The molecule has 0 unspecified atom stereocenters. The Morgan fingerprint density at radius 1 is 1.42 bits per heavy atom. The fourth-order valence-corrected chi connectivity index (χ4v) is 2.40. The van der Waals surface area contributed by atoms with Gasteiger partial charge in [-0.2, -0.15) is 11.3 Å². The number of nitrogens with one attached hydrogen (secondary N) is 2. The van der Waals surface area contributed by atoms with Crippen molar-refractivity contribution in [2.75, 3.05) is 11.9 Å². The lowest BCUT2D eigenvalue weighted by Gasteiger charge is -2.08. The van der Waals surface area contributed by atoms with Gasteiger partial charge in [-0.25, -0.2) is 4.98 Å². The van der Waals surface area contributed by atoms with Gasteiger partial charge in [0.05, 0.1) is 5.02 Å². The van der Waals surface area contributed by atoms with Crippen LogP contribution in [-0.4, -0.2) is 17.4 Å². The molecule has 2 heterocycles. The highest BCUT2D eigenvalue weighted by atomic mass is 35.5. The summed E-state index contributed by atoms with van der Waals surface area (Å²) in [5.74, 6) is 0.378. The van der Waals surface area contributed by atoms with Crippen LogP contribution in [0.25, 0.3) is 0 Å². The fraction of sp³-hybridized carbons (Fsp3) is 0.231. The van der Waals surface area contributed by atoms with Crippen LogP contribution in [0.15, 0.2) is 29.0 Å². The first-order chi connectivity index (χ1) is 9.20. The van der Waals surface area contributed by atoms with Gasteiger partial charge in [-0.05, 0) is 41.4 Å². The summed E-state index contributed by atoms with van der Waals surface area (Å²) in [6.45, 7) is 3.18. The van der Waals surface area contributed by atoms with Gasteiger partial charge in [0.2, 0.25) is 0 Å². The van der Waals surface area contributed by atoms with Crippen LogP contribution in [0, 0.1) is 0 Å². The fourth-order valence-electron chi connectivity index (χ4n) is 1.54. The number of halogens is 1. The Kier molecular flexibility index (Phi) is 4.76. The van der Waals surface area contributed by atoms with Crippen molar-refractivity contribution in [3.8, 4) is 0 Å². The summed E-state index contributed by atoms with van der Waals surface area (Å²) >= 11 is 7.60. The zero-order chi connectivity index (χ0) is 13.7. The van der Waals surface area contributed by atoms with Crippen LogP contribution in [0.2, 0.25) is 5.02 Å². The third-order valence-electron chi connectivity index (χ3n) is 2.45. The van der Waals surface area contributed by atoms with Crippen LogP contribution in [0.4, 0.5) is 5.82 Å². The van der Waals surface area contributed by atoms with Crippen molar-refractivity contribution in [1.82, 2.24) is 10.3 Å². The summed E-state index contributed by atoms with van der Waals surface area (Å²) in [5, 5.41) is 10.2. The molecule has 0 atom stereocenters. The van der Waals surface area contributed by atoms with Gasteiger partial charge in [-0.1, -0.05) is 11.6 Å². The lowest BCUT2D eigenvalue weighted by molar-refractivity contribution is 0.0946. The Morgan fingerprint density at radius 3 is 2.95 bits per heavy atom. The van der Waals surface area contributed by atoms with Gasteiger partial charge in [0.15, 0.2) is 0 Å². The molecule has 2 aromatic heterocycles. The second kappa shape index (κ2) is 6.54. The van der Waals surface area contributed by atoms with Gasteiger partial charge < -0.3 is 10.6 Å². The molecule has 0 fully saturated rings. The topological polar surface area (TPSA) is 54.0 Å². The van der Waals surface area contributed by atoms with E-state index in [2.05, 4.69) is 15.6 Å². The van der Waals surface area contributed by atoms with Crippen molar-refractivity contribution in [3.05, 3.63) is 45.2 Å². The highest BCUT2D eigenvalue weighted by molar-refractivity contribution is 7.07. The lowest BCUT2D eigenvalue weighted by Crippen LogP contribution is -2.24. The average Bonchev–Trinajstić information content (AvgIpc) is 2.92. The number of pyridine rings is 1. The second-order valence-corrected chi connectivity index (χ2v) is 5.06. The summed E-state index contributed by atoms with van der Waals surface area (Å²) in [4.78, 5) is 16.2. The number of carbonyl (C=O) groups excluding carboxylic acids is 1. The van der Waals surface area contributed by atoms with Gasteiger partial charge in [-0.15, -0.1) is 0 Å². The van der Waals surface area contributed by atoms with Crippen molar-refractivity contribution in [2.24, 2.45) is 0 Å². The molecule has 0 saturated heterocycles. The number of thiophene rings is 1. The van der Waals surface area contributed by atoms with Gasteiger partial charge >= 0.3 is 0 Å². The number of rotatable bonds is 5. The van der Waals surface area contributed by atoms with E-state index in [1.54, 1.807) is 23.5 Å². The van der Waals surface area contributed by atoms with Crippen molar-refractivity contribution in [1.29, 1.82) is 0 Å². The first-order valence-electron chi connectivity index (χ1n) is 5.90. The normalized spacial score (nSPS) is 10.2. The average molecular weight is 296 g/mol. The molecule has 2 N–H and O–H groups in total. The summed E-state index contributed by atoms with van der Waals surface area (Å²) < 4.78 is 0. The lowest BCUT2D eigenvalue weighted by atomic mass is 10.3. The molecule has 1 amide bonds. The van der Waals surface area contributed by atoms with Gasteiger partial charge in [0, 0.05) is 13.1 Å². The van der Waals surface area contributed by atoms with E-state index >= 15 is 0 Å². The highest BCUT2D eigenvalue weighted by Gasteiger charge is 2.12. The molecule has 2 aromatic rings. The maximum absolute atomic E-state index is 12.0. The number of carbonyl (C=O) groups is 1. The standard InChI is InChI=1S/C13H14ClN3OS/c1-2-15-11-4-3-10(14)12(17-11)13(18)16-7-9-5-6-19-8-9/h3-6,8H,2,7H2,1H3,(H,15,17)(H,16,18). The van der Waals surface area contributed by atoms with E-state index in [0.717, 1.165) is 12.1 Å². The minimum atomic E-state index is -0.268. The maximum atomic E-state index is 12.0. The SMILES string of the molecule is CCNc1ccc(Cl)c(C(=O)NCc2ccsc2)n1. The molecule has 0 aliphatic rings. The molecular formula is C13H14ClN3OS. The summed E-state index contributed by atoms with van der Waals surface area (Å²) in [6.07, 6.45) is 0. The van der Waals surface area contributed by atoms with E-state index in [0.29, 0.717) is 17.4 Å². The molecule has 0 radical (unpaired) electrons. The first kappa shape index (κ1) is 13.8. The highest BCUT2D eigenvalue weighted by Crippen LogP contribution is 2.17. The molecule has 0 spiro atoms. The molecule has 4 nitrogen and oxygen atoms in total. The summed E-state index contributed by atoms with van der Waals surface area (Å²) in [6, 6.07) is 5.39. The van der Waals surface area contributed by atoms with Crippen molar-refractivity contribution in [3.63, 3.8) is 0 Å². The molecule has 0 aliphatic carbocycles. The number of anilines is 1. The quantitative estimate of drug-likeness (QED) is 0.891. The molecule has 0 saturated carbocycles. The maximum Gasteiger partial charge on any atom is 0.271 e. The third kappa shape index (κ3) is 3.68.